The third-order valence-electron chi connectivity index (χ3n) is 3.52. The Balaban J connectivity index is 1.93. The first-order valence-corrected chi connectivity index (χ1v) is 7.41. The number of nitrogens with one attached hydrogen (secondary N) is 1. The summed E-state index contributed by atoms with van der Waals surface area (Å²) in [6.07, 6.45) is 1.23. The number of amides is 1. The number of aliphatic carboxylic acids is 1. The van der Waals surface area contributed by atoms with E-state index in [4.69, 9.17) is 16.7 Å². The molecule has 0 saturated heterocycles. The molecule has 6 heteroatoms. The first-order chi connectivity index (χ1) is 8.97. The molecule has 19 heavy (non-hydrogen) atoms. The van der Waals surface area contributed by atoms with Gasteiger partial charge in [-0.05, 0) is 30.9 Å². The van der Waals surface area contributed by atoms with Crippen LogP contribution < -0.4 is 5.32 Å². The second-order valence-corrected chi connectivity index (χ2v) is 6.85. The molecule has 0 radical (unpaired) electrons. The molecule has 1 fully saturated rings. The van der Waals surface area contributed by atoms with Crippen molar-refractivity contribution in [1.82, 2.24) is 5.32 Å². The van der Waals surface area contributed by atoms with Gasteiger partial charge in [0.2, 0.25) is 5.91 Å². The summed E-state index contributed by atoms with van der Waals surface area (Å²) in [5.41, 5.74) is 0. The van der Waals surface area contributed by atoms with Crippen LogP contribution >= 0.6 is 22.9 Å². The lowest BCUT2D eigenvalue weighted by Crippen LogP contribution is -2.34. The number of carbonyl (C=O) groups is 2. The van der Waals surface area contributed by atoms with E-state index in [2.05, 4.69) is 5.32 Å². The molecule has 1 heterocycles. The molecule has 1 aliphatic rings. The van der Waals surface area contributed by atoms with Gasteiger partial charge < -0.3 is 10.4 Å². The molecule has 1 saturated carbocycles. The Hall–Kier alpha value is -1.07. The Bertz CT molecular complexity index is 488. The van der Waals surface area contributed by atoms with Gasteiger partial charge >= 0.3 is 5.97 Å². The van der Waals surface area contributed by atoms with Crippen LogP contribution in [-0.2, 0) is 16.1 Å². The van der Waals surface area contributed by atoms with Gasteiger partial charge in [-0.2, -0.15) is 0 Å². The van der Waals surface area contributed by atoms with Gasteiger partial charge in [0, 0.05) is 4.88 Å². The minimum Gasteiger partial charge on any atom is -0.481 e. The van der Waals surface area contributed by atoms with E-state index in [9.17, 15) is 9.59 Å². The van der Waals surface area contributed by atoms with Crippen LogP contribution in [0.2, 0.25) is 4.34 Å². The standard InChI is InChI=1S/C13H16ClNO3S/c1-7-4-9(10(5-7)13(17)18)12(16)15-6-8-2-3-11(14)19-8/h2-3,7,9-10H,4-6H2,1H3,(H,15,16)(H,17,18)/t7?,9-,10+/m0/s1. The van der Waals surface area contributed by atoms with Crippen LogP contribution in [0.25, 0.3) is 0 Å². The minimum atomic E-state index is -0.872. The maximum atomic E-state index is 12.1. The summed E-state index contributed by atoms with van der Waals surface area (Å²) in [6.45, 7) is 2.40. The summed E-state index contributed by atoms with van der Waals surface area (Å²) in [6, 6.07) is 3.64. The fourth-order valence-corrected chi connectivity index (χ4v) is 3.63. The largest absolute Gasteiger partial charge is 0.481 e. The van der Waals surface area contributed by atoms with Crippen LogP contribution in [0.4, 0.5) is 0 Å². The fraction of sp³-hybridized carbons (Fsp3) is 0.538. The summed E-state index contributed by atoms with van der Waals surface area (Å²) < 4.78 is 0.683. The van der Waals surface area contributed by atoms with Crippen molar-refractivity contribution in [3.8, 4) is 0 Å². The van der Waals surface area contributed by atoms with Gasteiger partial charge in [-0.25, -0.2) is 0 Å². The average Bonchev–Trinajstić information content (AvgIpc) is 2.92. The van der Waals surface area contributed by atoms with E-state index >= 15 is 0 Å². The van der Waals surface area contributed by atoms with E-state index in [0.717, 1.165) is 4.88 Å². The number of carboxylic acids is 1. The van der Waals surface area contributed by atoms with Crippen LogP contribution in [0.3, 0.4) is 0 Å². The van der Waals surface area contributed by atoms with Gasteiger partial charge in [-0.1, -0.05) is 18.5 Å². The molecule has 0 aliphatic heterocycles. The monoisotopic (exact) mass is 301 g/mol. The van der Waals surface area contributed by atoms with Crippen molar-refractivity contribution in [2.24, 2.45) is 17.8 Å². The smallest absolute Gasteiger partial charge is 0.307 e. The highest BCUT2D eigenvalue weighted by atomic mass is 35.5. The van der Waals surface area contributed by atoms with Crippen molar-refractivity contribution in [1.29, 1.82) is 0 Å². The SMILES string of the molecule is CC1C[C@H](C(=O)NCc2ccc(Cl)s2)[C@H](C(=O)O)C1. The maximum Gasteiger partial charge on any atom is 0.307 e. The lowest BCUT2D eigenvalue weighted by atomic mass is 9.95. The number of carbonyl (C=O) groups excluding carboxylic acids is 1. The Labute approximate surface area is 120 Å². The molecule has 1 aromatic heterocycles. The van der Waals surface area contributed by atoms with Crippen molar-refractivity contribution in [2.45, 2.75) is 26.3 Å². The Morgan fingerprint density at radius 1 is 1.42 bits per heavy atom. The molecule has 1 aliphatic carbocycles. The number of hydrogen-bond acceptors (Lipinski definition) is 3. The quantitative estimate of drug-likeness (QED) is 0.898. The predicted molar refractivity (Wildman–Crippen MR) is 74.2 cm³/mol. The molecule has 3 atom stereocenters. The summed E-state index contributed by atoms with van der Waals surface area (Å²) in [7, 11) is 0. The van der Waals surface area contributed by atoms with E-state index in [1.807, 2.05) is 13.0 Å². The van der Waals surface area contributed by atoms with E-state index in [1.54, 1.807) is 6.07 Å². The third-order valence-corrected chi connectivity index (χ3v) is 4.75. The van der Waals surface area contributed by atoms with Crippen LogP contribution in [-0.4, -0.2) is 17.0 Å². The normalized spacial score (nSPS) is 26.3. The van der Waals surface area contributed by atoms with E-state index < -0.39 is 17.8 Å². The fourth-order valence-electron chi connectivity index (χ4n) is 2.61. The maximum absolute atomic E-state index is 12.1. The van der Waals surface area contributed by atoms with Gasteiger partial charge in [0.1, 0.15) is 0 Å². The van der Waals surface area contributed by atoms with E-state index in [1.165, 1.54) is 11.3 Å². The minimum absolute atomic E-state index is 0.165. The van der Waals surface area contributed by atoms with Crippen molar-refractivity contribution in [2.75, 3.05) is 0 Å². The van der Waals surface area contributed by atoms with Gasteiger partial charge in [0.15, 0.2) is 0 Å². The molecule has 0 bridgehead atoms. The van der Waals surface area contributed by atoms with Crippen molar-refractivity contribution < 1.29 is 14.7 Å². The number of rotatable bonds is 4. The molecule has 1 amide bonds. The molecule has 2 rings (SSSR count). The van der Waals surface area contributed by atoms with Gasteiger partial charge in [0.05, 0.1) is 22.7 Å². The molecule has 4 nitrogen and oxygen atoms in total. The zero-order chi connectivity index (χ0) is 14.0. The van der Waals surface area contributed by atoms with Gasteiger partial charge in [-0.15, -0.1) is 11.3 Å². The summed E-state index contributed by atoms with van der Waals surface area (Å²) in [4.78, 5) is 24.2. The Morgan fingerprint density at radius 2 is 2.11 bits per heavy atom. The Morgan fingerprint density at radius 3 is 2.68 bits per heavy atom. The van der Waals surface area contributed by atoms with E-state index in [-0.39, 0.29) is 11.8 Å². The predicted octanol–water partition coefficient (Wildman–Crippen LogP) is 2.76. The van der Waals surface area contributed by atoms with Crippen LogP contribution in [0.15, 0.2) is 12.1 Å². The lowest BCUT2D eigenvalue weighted by Gasteiger charge is -2.15. The third kappa shape index (κ3) is 3.48. The topological polar surface area (TPSA) is 66.4 Å². The molecule has 1 unspecified atom stereocenters. The summed E-state index contributed by atoms with van der Waals surface area (Å²) in [5.74, 6) is -1.72. The van der Waals surface area contributed by atoms with Crippen molar-refractivity contribution in [3.05, 3.63) is 21.3 Å². The second-order valence-electron chi connectivity index (χ2n) is 5.05. The molecule has 1 aromatic rings. The van der Waals surface area contributed by atoms with Crippen molar-refractivity contribution >= 4 is 34.8 Å². The first-order valence-electron chi connectivity index (χ1n) is 6.22. The molecule has 0 spiro atoms. The molecule has 2 N–H and O–H groups in total. The Kier molecular flexibility index (Phi) is 4.47. The van der Waals surface area contributed by atoms with E-state index in [0.29, 0.717) is 23.7 Å². The number of thiophene rings is 1. The number of halogens is 1. The molecular weight excluding hydrogens is 286 g/mol. The van der Waals surface area contributed by atoms with Gasteiger partial charge in [-0.3, -0.25) is 9.59 Å². The molecule has 104 valence electrons. The zero-order valence-corrected chi connectivity index (χ0v) is 12.1. The van der Waals surface area contributed by atoms with Crippen LogP contribution in [0.1, 0.15) is 24.6 Å². The zero-order valence-electron chi connectivity index (χ0n) is 10.6. The first kappa shape index (κ1) is 14.3. The highest BCUT2D eigenvalue weighted by Crippen LogP contribution is 2.36. The van der Waals surface area contributed by atoms with Crippen LogP contribution in [0.5, 0.6) is 0 Å². The van der Waals surface area contributed by atoms with Crippen LogP contribution in [0, 0.1) is 17.8 Å². The molecular formula is C13H16ClNO3S. The highest BCUT2D eigenvalue weighted by molar-refractivity contribution is 7.16. The van der Waals surface area contributed by atoms with Gasteiger partial charge in [0.25, 0.3) is 0 Å². The summed E-state index contributed by atoms with van der Waals surface area (Å²) in [5, 5.41) is 12.0. The highest BCUT2D eigenvalue weighted by Gasteiger charge is 2.40. The number of hydrogen-bond donors (Lipinski definition) is 2. The van der Waals surface area contributed by atoms with Crippen molar-refractivity contribution in [3.63, 3.8) is 0 Å². The average molecular weight is 302 g/mol. The molecule has 0 aromatic carbocycles. The lowest BCUT2D eigenvalue weighted by molar-refractivity contribution is -0.146. The summed E-state index contributed by atoms with van der Waals surface area (Å²) >= 11 is 7.23. The second kappa shape index (κ2) is 5.92. The number of carboxylic acid groups (broad SMARTS) is 1.